The number of aryl methyl sites for hydroxylation is 2. The molecule has 2 saturated heterocycles. The molecule has 6 nitrogen and oxygen atoms in total. The maximum atomic E-state index is 12.8. The predicted molar refractivity (Wildman–Crippen MR) is 95.2 cm³/mol. The fourth-order valence-corrected chi connectivity index (χ4v) is 4.52. The molecular formula is C19H31N3O3. The highest BCUT2D eigenvalue weighted by atomic mass is 16.5. The van der Waals surface area contributed by atoms with Gasteiger partial charge in [0.05, 0.1) is 12.3 Å². The third kappa shape index (κ3) is 3.47. The van der Waals surface area contributed by atoms with E-state index < -0.39 is 0 Å². The molecule has 3 heterocycles. The Labute approximate surface area is 150 Å². The quantitative estimate of drug-likeness (QED) is 0.877. The van der Waals surface area contributed by atoms with E-state index in [1.165, 1.54) is 0 Å². The Balaban J connectivity index is 1.63. The van der Waals surface area contributed by atoms with Crippen LogP contribution < -0.4 is 0 Å². The van der Waals surface area contributed by atoms with Crippen LogP contribution in [0.1, 0.15) is 43.7 Å². The minimum Gasteiger partial charge on any atom is -0.396 e. The fourth-order valence-electron chi connectivity index (χ4n) is 4.52. The van der Waals surface area contributed by atoms with Crippen LogP contribution in [0.2, 0.25) is 0 Å². The summed E-state index contributed by atoms with van der Waals surface area (Å²) < 4.78 is 5.18. The molecule has 0 bridgehead atoms. The van der Waals surface area contributed by atoms with Crippen molar-refractivity contribution in [1.29, 1.82) is 0 Å². The topological polar surface area (TPSA) is 69.8 Å². The summed E-state index contributed by atoms with van der Waals surface area (Å²) in [5, 5.41) is 14.1. The van der Waals surface area contributed by atoms with Gasteiger partial charge in [-0.25, -0.2) is 0 Å². The largest absolute Gasteiger partial charge is 0.396 e. The lowest BCUT2D eigenvalue weighted by Gasteiger charge is -2.44. The first-order valence-electron chi connectivity index (χ1n) is 9.41. The Morgan fingerprint density at radius 1 is 1.40 bits per heavy atom. The Bertz CT molecular complexity index is 608. The molecule has 0 aliphatic carbocycles. The van der Waals surface area contributed by atoms with Crippen LogP contribution in [0, 0.1) is 25.2 Å². The van der Waals surface area contributed by atoms with Crippen LogP contribution in [0.5, 0.6) is 0 Å². The zero-order valence-corrected chi connectivity index (χ0v) is 15.9. The number of nitrogens with zero attached hydrogens (tertiary/aromatic N) is 3. The number of piperidine rings is 1. The summed E-state index contributed by atoms with van der Waals surface area (Å²) in [4.78, 5) is 17.2. The van der Waals surface area contributed by atoms with Gasteiger partial charge in [0.25, 0.3) is 0 Å². The van der Waals surface area contributed by atoms with Crippen molar-refractivity contribution in [3.63, 3.8) is 0 Å². The Hall–Kier alpha value is -1.40. The molecule has 140 valence electrons. The third-order valence-corrected chi connectivity index (χ3v) is 6.26. The lowest BCUT2D eigenvalue weighted by Crippen LogP contribution is -2.52. The number of hydrogen-bond donors (Lipinski definition) is 1. The van der Waals surface area contributed by atoms with Gasteiger partial charge in [0.1, 0.15) is 5.76 Å². The van der Waals surface area contributed by atoms with Gasteiger partial charge in [-0.2, -0.15) is 0 Å². The van der Waals surface area contributed by atoms with E-state index in [-0.39, 0.29) is 17.9 Å². The van der Waals surface area contributed by atoms with E-state index >= 15 is 0 Å². The first-order valence-corrected chi connectivity index (χ1v) is 9.41. The van der Waals surface area contributed by atoms with Gasteiger partial charge in [-0.05, 0) is 53.0 Å². The van der Waals surface area contributed by atoms with Crippen molar-refractivity contribution in [1.82, 2.24) is 15.0 Å². The number of hydrogen-bond acceptors (Lipinski definition) is 5. The smallest absolute Gasteiger partial charge is 0.222 e. The van der Waals surface area contributed by atoms with Crippen LogP contribution >= 0.6 is 0 Å². The Kier molecular flexibility index (Phi) is 5.21. The highest BCUT2D eigenvalue weighted by molar-refractivity contribution is 5.77. The number of rotatable bonds is 5. The lowest BCUT2D eigenvalue weighted by molar-refractivity contribution is -0.130. The summed E-state index contributed by atoms with van der Waals surface area (Å²) >= 11 is 0. The van der Waals surface area contributed by atoms with Crippen molar-refractivity contribution in [2.24, 2.45) is 11.3 Å². The van der Waals surface area contributed by atoms with Crippen molar-refractivity contribution in [3.8, 4) is 0 Å². The summed E-state index contributed by atoms with van der Waals surface area (Å²) in [5.74, 6) is 1.40. The molecule has 3 rings (SSSR count). The van der Waals surface area contributed by atoms with Gasteiger partial charge < -0.3 is 19.4 Å². The highest BCUT2D eigenvalue weighted by Crippen LogP contribution is 2.42. The first kappa shape index (κ1) is 18.4. The molecular weight excluding hydrogens is 318 g/mol. The fraction of sp³-hybridized carbons (Fsp3) is 0.789. The zero-order chi connectivity index (χ0) is 18.2. The van der Waals surface area contributed by atoms with Crippen molar-refractivity contribution < 1.29 is 14.4 Å². The van der Waals surface area contributed by atoms with E-state index in [0.717, 1.165) is 43.1 Å². The van der Waals surface area contributed by atoms with Gasteiger partial charge in [-0.15, -0.1) is 0 Å². The van der Waals surface area contributed by atoms with Crippen LogP contribution in [0.15, 0.2) is 4.52 Å². The summed E-state index contributed by atoms with van der Waals surface area (Å²) in [7, 11) is 0. The highest BCUT2D eigenvalue weighted by Gasteiger charge is 2.50. The molecule has 0 spiro atoms. The molecule has 2 fully saturated rings. The molecule has 0 radical (unpaired) electrons. The second-order valence-electron chi connectivity index (χ2n) is 8.15. The van der Waals surface area contributed by atoms with E-state index in [1.807, 2.05) is 18.7 Å². The minimum absolute atomic E-state index is 0.152. The molecule has 2 atom stereocenters. The van der Waals surface area contributed by atoms with E-state index in [4.69, 9.17) is 4.52 Å². The number of aliphatic hydroxyl groups is 1. The number of amides is 1. The molecule has 0 unspecified atom stereocenters. The van der Waals surface area contributed by atoms with Crippen LogP contribution in [-0.4, -0.2) is 64.8 Å². The number of aliphatic hydroxyl groups excluding tert-OH is 1. The number of aromatic nitrogens is 1. The molecule has 0 aromatic carbocycles. The molecule has 1 amide bonds. The minimum atomic E-state index is -0.152. The van der Waals surface area contributed by atoms with Crippen molar-refractivity contribution in [3.05, 3.63) is 17.0 Å². The van der Waals surface area contributed by atoms with E-state index in [9.17, 15) is 9.90 Å². The number of carbonyl (C=O) groups excluding carboxylic acids is 1. The van der Waals surface area contributed by atoms with Crippen LogP contribution in [0.3, 0.4) is 0 Å². The van der Waals surface area contributed by atoms with E-state index in [0.29, 0.717) is 31.3 Å². The standard InChI is InChI=1S/C19H31N3O3/c1-13(2)21-8-7-16-9-22(11-19(16,10-21)12-23)18(24)6-5-17-14(3)20-25-15(17)4/h13,16,23H,5-12H2,1-4H3/t16-,19+/m1/s1. The molecule has 2 aliphatic rings. The molecule has 1 N–H and O–H groups in total. The number of carbonyl (C=O) groups is 1. The summed E-state index contributed by atoms with van der Waals surface area (Å²) in [6.07, 6.45) is 2.21. The summed E-state index contributed by atoms with van der Waals surface area (Å²) in [6, 6.07) is 0.480. The first-order chi connectivity index (χ1) is 11.9. The average molecular weight is 349 g/mol. The van der Waals surface area contributed by atoms with Crippen LogP contribution in [0.25, 0.3) is 0 Å². The molecule has 2 aliphatic heterocycles. The maximum Gasteiger partial charge on any atom is 0.222 e. The molecule has 0 saturated carbocycles. The van der Waals surface area contributed by atoms with Crippen LogP contribution in [-0.2, 0) is 11.2 Å². The number of likely N-dealkylation sites (tertiary alicyclic amines) is 2. The van der Waals surface area contributed by atoms with Gasteiger partial charge in [0.15, 0.2) is 0 Å². The molecule has 1 aromatic heterocycles. The molecule has 1 aromatic rings. The monoisotopic (exact) mass is 349 g/mol. The third-order valence-electron chi connectivity index (χ3n) is 6.26. The van der Waals surface area contributed by atoms with Crippen LogP contribution in [0.4, 0.5) is 0 Å². The summed E-state index contributed by atoms with van der Waals surface area (Å²) in [6.45, 7) is 11.8. The summed E-state index contributed by atoms with van der Waals surface area (Å²) in [5.41, 5.74) is 1.77. The molecule has 6 heteroatoms. The SMILES string of the molecule is Cc1noc(C)c1CCC(=O)N1C[C@H]2CCN(C(C)C)C[C@@]2(CO)C1. The lowest BCUT2D eigenvalue weighted by atomic mass is 9.73. The van der Waals surface area contributed by atoms with Crippen molar-refractivity contribution >= 4 is 5.91 Å². The van der Waals surface area contributed by atoms with Crippen molar-refractivity contribution in [2.45, 2.75) is 53.0 Å². The Morgan fingerprint density at radius 3 is 2.76 bits per heavy atom. The van der Waals surface area contributed by atoms with Crippen molar-refractivity contribution in [2.75, 3.05) is 32.8 Å². The van der Waals surface area contributed by atoms with Gasteiger partial charge >= 0.3 is 0 Å². The van der Waals surface area contributed by atoms with Gasteiger partial charge in [0.2, 0.25) is 5.91 Å². The van der Waals surface area contributed by atoms with Gasteiger partial charge in [-0.3, -0.25) is 4.79 Å². The predicted octanol–water partition coefficient (Wildman–Crippen LogP) is 1.78. The normalized spacial score (nSPS) is 27.1. The second-order valence-corrected chi connectivity index (χ2v) is 8.15. The van der Waals surface area contributed by atoms with Gasteiger partial charge in [0, 0.05) is 43.1 Å². The van der Waals surface area contributed by atoms with Gasteiger partial charge in [-0.1, -0.05) is 5.16 Å². The average Bonchev–Trinajstić information content (AvgIpc) is 3.13. The molecule has 25 heavy (non-hydrogen) atoms. The zero-order valence-electron chi connectivity index (χ0n) is 15.9. The second kappa shape index (κ2) is 7.08. The van der Waals surface area contributed by atoms with E-state index in [1.54, 1.807) is 0 Å². The Morgan fingerprint density at radius 2 is 2.16 bits per heavy atom. The number of fused-ring (bicyclic) bond motifs is 1. The maximum absolute atomic E-state index is 12.8. The van der Waals surface area contributed by atoms with E-state index in [2.05, 4.69) is 23.9 Å².